The number of amides is 1. The lowest BCUT2D eigenvalue weighted by atomic mass is 10.0. The summed E-state index contributed by atoms with van der Waals surface area (Å²) in [5.41, 5.74) is 2.52. The van der Waals surface area contributed by atoms with E-state index < -0.39 is 5.54 Å². The maximum Gasteiger partial charge on any atom is 0.259 e. The number of carbonyl (C=O) groups excluding carboxylic acids is 1. The van der Waals surface area contributed by atoms with E-state index in [0.717, 1.165) is 14.8 Å². The lowest BCUT2D eigenvalue weighted by Crippen LogP contribution is -2.44. The Morgan fingerprint density at radius 1 is 0.404 bits per heavy atom. The van der Waals surface area contributed by atoms with E-state index in [1.165, 1.54) is 0 Å². The number of rotatable bonds is 2. The quantitative estimate of drug-likeness (QED) is 0.177. The molecule has 0 spiro atoms. The van der Waals surface area contributed by atoms with Crippen LogP contribution in [0, 0.1) is 396 Å². The molecule has 0 N–H and O–H groups in total. The molecule has 7 heteroatoms. The minimum atomic E-state index is -0.782. The summed E-state index contributed by atoms with van der Waals surface area (Å²) in [6.07, 6.45) is 4.94. The summed E-state index contributed by atoms with van der Waals surface area (Å²) in [5, 5.41) is 8.65. The number of hydrogen-bond donors (Lipinski definition) is 0. The van der Waals surface area contributed by atoms with Gasteiger partial charge < -0.3 is 4.90 Å². The SMILES string of the molecule is C#CC#CC#CC#CC#CC#CC#CC#CC#CC#CC#CC#CC#CC#CC#CC#CC#CC#CC#CC#CC#CC#CC#CC#CC#CC#CC#CC#CC#CC#CC#CC#N.[C-]#[N+]c1ccc(N2C(=O)C(C)(C)N(c3ccc(C)cc3)C2=S)cc1I. The zero-order valence-corrected chi connectivity index (χ0v) is 49.1. The normalized spacial score (nSPS) is 7.38. The summed E-state index contributed by atoms with van der Waals surface area (Å²) in [6.45, 7) is 12.9. The molecule has 384 valence electrons. The molecule has 3 rings (SSSR count). The van der Waals surface area contributed by atoms with Crippen molar-refractivity contribution in [3.63, 3.8) is 0 Å². The van der Waals surface area contributed by atoms with Gasteiger partial charge in [-0.3, -0.25) is 9.69 Å². The number of aryl methyl sites for hydroxylation is 1. The second-order valence-electron chi connectivity index (χ2n) is 14.2. The maximum atomic E-state index is 13.1. The summed E-state index contributed by atoms with van der Waals surface area (Å²) in [5.74, 6) is 150. The minimum absolute atomic E-state index is 0.0792. The summed E-state index contributed by atoms with van der Waals surface area (Å²) in [7, 11) is 0. The first-order chi connectivity index (χ1) is 43.7. The molecule has 1 fully saturated rings. The number of carbonyl (C=O) groups is 1. The summed E-state index contributed by atoms with van der Waals surface area (Å²) < 4.78 is 0.798. The van der Waals surface area contributed by atoms with E-state index in [1.54, 1.807) is 23.1 Å². The number of hydrogen-bond acceptors (Lipinski definition) is 3. The van der Waals surface area contributed by atoms with Crippen molar-refractivity contribution in [2.24, 2.45) is 0 Å². The highest BCUT2D eigenvalue weighted by molar-refractivity contribution is 14.1. The Balaban J connectivity index is 0.000000883. The van der Waals surface area contributed by atoms with Gasteiger partial charge in [-0.05, 0) is 105 Å². The van der Waals surface area contributed by atoms with Gasteiger partial charge in [-0.1, -0.05) is 46.4 Å². The molecule has 0 aromatic heterocycles. The molecule has 0 unspecified atom stereocenters. The number of nitrogens with zero attached hydrogens (tertiary/aromatic N) is 4. The van der Waals surface area contributed by atoms with E-state index in [0.29, 0.717) is 16.5 Å². The number of halogens is 1. The second-order valence-corrected chi connectivity index (χ2v) is 15.7. The smallest absolute Gasteiger partial charge is 0.259 e. The van der Waals surface area contributed by atoms with E-state index in [-0.39, 0.29) is 5.91 Å². The van der Waals surface area contributed by atoms with E-state index in [1.807, 2.05) is 56.0 Å². The highest BCUT2D eigenvalue weighted by Crippen LogP contribution is 2.37. The van der Waals surface area contributed by atoms with Gasteiger partial charge >= 0.3 is 0 Å². The van der Waals surface area contributed by atoms with Crippen molar-refractivity contribution in [3.05, 3.63) is 63.0 Å². The number of nitriles is 1. The van der Waals surface area contributed by atoms with Crippen molar-refractivity contribution >= 4 is 62.9 Å². The van der Waals surface area contributed by atoms with Crippen LogP contribution in [0.25, 0.3) is 4.85 Å². The van der Waals surface area contributed by atoms with Crippen LogP contribution in [-0.2, 0) is 4.79 Å². The Morgan fingerprint density at radius 2 is 0.629 bits per heavy atom. The third-order valence-corrected chi connectivity index (χ3v) is 9.31. The Morgan fingerprint density at radius 3 is 0.843 bits per heavy atom. The molecule has 5 nitrogen and oxygen atoms in total. The van der Waals surface area contributed by atoms with Crippen molar-refractivity contribution in [2.75, 3.05) is 9.80 Å². The van der Waals surface area contributed by atoms with Gasteiger partial charge in [-0.25, -0.2) is 4.85 Å². The van der Waals surface area contributed by atoms with Gasteiger partial charge in [0.15, 0.2) is 16.9 Å². The number of benzene rings is 2. The van der Waals surface area contributed by atoms with Crippen LogP contribution in [0.2, 0.25) is 0 Å². The highest BCUT2D eigenvalue weighted by atomic mass is 127. The topological polar surface area (TPSA) is 51.7 Å². The summed E-state index contributed by atoms with van der Waals surface area (Å²) in [6, 6.07) is 14.9. The molecular weight excluding hydrogens is 1220 g/mol. The average Bonchev–Trinajstić information content (AvgIpc) is 1.63. The molecule has 1 saturated heterocycles. The molecule has 1 amide bonds. The van der Waals surface area contributed by atoms with E-state index in [4.69, 9.17) is 30.5 Å². The van der Waals surface area contributed by atoms with Crippen molar-refractivity contribution in [3.8, 4) is 374 Å². The third kappa shape index (κ3) is 33.8. The van der Waals surface area contributed by atoms with Crippen LogP contribution in [-0.4, -0.2) is 16.6 Å². The van der Waals surface area contributed by atoms with Gasteiger partial charge in [-0.15, -0.1) is 6.42 Å². The molecule has 1 aliphatic heterocycles. The van der Waals surface area contributed by atoms with Gasteiger partial charge in [0, 0.05) is 329 Å². The molecule has 1 aliphatic rings. The van der Waals surface area contributed by atoms with Crippen LogP contribution in [0.15, 0.2) is 42.5 Å². The van der Waals surface area contributed by atoms with Crippen molar-refractivity contribution in [2.45, 2.75) is 26.3 Å². The predicted molar refractivity (Wildman–Crippen MR) is 361 cm³/mol. The largest absolute Gasteiger partial charge is 0.304 e. The van der Waals surface area contributed by atoms with Gasteiger partial charge in [0.05, 0.1) is 6.57 Å². The molecule has 0 saturated carbocycles. The predicted octanol–water partition coefficient (Wildman–Crippen LogP) is 5.31. The molecular formula is C82H17IN4OS. The molecule has 0 aliphatic carbocycles. The van der Waals surface area contributed by atoms with Gasteiger partial charge in [0.2, 0.25) is 0 Å². The van der Waals surface area contributed by atoms with Crippen molar-refractivity contribution in [1.82, 2.24) is 0 Å². The molecule has 1 heterocycles. The van der Waals surface area contributed by atoms with E-state index in [9.17, 15) is 4.79 Å². The summed E-state index contributed by atoms with van der Waals surface area (Å²) in [4.78, 5) is 20.0. The van der Waals surface area contributed by atoms with Gasteiger partial charge in [0.25, 0.3) is 5.91 Å². The van der Waals surface area contributed by atoms with Crippen molar-refractivity contribution < 1.29 is 4.79 Å². The van der Waals surface area contributed by atoms with Crippen LogP contribution in [0.3, 0.4) is 0 Å². The standard InChI is InChI=1S/C63HN.C19H16IN3OS/c1-2-3-4-5-6-7-8-9-10-11-12-13-14-15-16-17-18-19-20-21-22-23-24-25-26-27-28-29-30-31-32-33-34-35-36-37-38-39-40-41-42-43-44-45-46-47-48-49-50-51-52-53-54-55-56-57-58-59-60-61-62-63-64;1-12-5-7-13(8-6-12)23-18(25)22(17(24)19(23,2)3)14-9-10-16(21-4)15(20)11-14/h1H;5-11H,1-3H3. The zero-order chi connectivity index (χ0) is 64.2. The molecule has 0 bridgehead atoms. The third-order valence-electron chi connectivity index (χ3n) is 8.09. The van der Waals surface area contributed by atoms with Crippen LogP contribution < -0.4 is 9.80 Å². The number of anilines is 2. The maximum absolute atomic E-state index is 13.1. The fraction of sp³-hybridized carbons (Fsp3) is 0.0488. The van der Waals surface area contributed by atoms with Crippen molar-refractivity contribution in [1.29, 1.82) is 5.26 Å². The fourth-order valence-corrected chi connectivity index (χ4v) is 5.89. The monoisotopic (exact) mass is 1230 g/mol. The van der Waals surface area contributed by atoms with Crippen LogP contribution in [0.1, 0.15) is 19.4 Å². The highest BCUT2D eigenvalue weighted by Gasteiger charge is 2.50. The second kappa shape index (κ2) is 47.8. The average molecular weight is 1230 g/mol. The number of thiocarbonyl (C=S) groups is 1. The van der Waals surface area contributed by atoms with Crippen LogP contribution >= 0.6 is 34.8 Å². The number of terminal acetylenes is 1. The Hall–Kier alpha value is -16.1. The Kier molecular flexibility index (Phi) is 37.1. The van der Waals surface area contributed by atoms with Gasteiger partial charge in [0.1, 0.15) is 5.54 Å². The molecule has 2 aromatic rings. The minimum Gasteiger partial charge on any atom is -0.304 e. The molecule has 0 atom stereocenters. The van der Waals surface area contributed by atoms with Gasteiger partial charge in [-0.2, -0.15) is 5.26 Å². The van der Waals surface area contributed by atoms with Crippen LogP contribution in [0.4, 0.5) is 17.1 Å². The Labute approximate surface area is 541 Å². The lowest BCUT2D eigenvalue weighted by Gasteiger charge is -2.29. The molecule has 0 radical (unpaired) electrons. The fourth-order valence-electron chi connectivity index (χ4n) is 4.75. The summed E-state index contributed by atoms with van der Waals surface area (Å²) >= 11 is 7.76. The lowest BCUT2D eigenvalue weighted by molar-refractivity contribution is -0.120. The van der Waals surface area contributed by atoms with E-state index >= 15 is 0 Å². The molecule has 89 heavy (non-hydrogen) atoms. The first-order valence-electron chi connectivity index (χ1n) is 23.5. The first-order valence-corrected chi connectivity index (χ1v) is 24.9. The van der Waals surface area contributed by atoms with E-state index in [2.05, 4.69) is 389 Å². The van der Waals surface area contributed by atoms with Crippen LogP contribution in [0.5, 0.6) is 0 Å². The molecule has 2 aromatic carbocycles. The zero-order valence-electron chi connectivity index (χ0n) is 46.1. The first kappa shape index (κ1) is 69.0. The Bertz CT molecular complexity index is 5330.